The summed E-state index contributed by atoms with van der Waals surface area (Å²) in [5.74, 6) is -0.909. The summed E-state index contributed by atoms with van der Waals surface area (Å²) in [5, 5.41) is 13.3. The van der Waals surface area contributed by atoms with Crippen LogP contribution >= 0.6 is 0 Å². The summed E-state index contributed by atoms with van der Waals surface area (Å²) in [6, 6.07) is 7.47. The summed E-state index contributed by atoms with van der Waals surface area (Å²) < 4.78 is 10.7. The molecular formula is C24H29N3O5. The highest BCUT2D eigenvalue weighted by molar-refractivity contribution is 6.46. The highest BCUT2D eigenvalue weighted by atomic mass is 16.5. The van der Waals surface area contributed by atoms with Crippen LogP contribution in [-0.2, 0) is 9.59 Å². The van der Waals surface area contributed by atoms with Crippen molar-refractivity contribution in [1.82, 2.24) is 9.88 Å². The van der Waals surface area contributed by atoms with Crippen LogP contribution in [0.5, 0.6) is 11.5 Å². The fraction of sp³-hybridized carbons (Fsp3) is 0.375. The normalized spacial score (nSPS) is 17.8. The molecule has 2 aromatic rings. The van der Waals surface area contributed by atoms with Crippen LogP contribution in [0, 0.1) is 0 Å². The third kappa shape index (κ3) is 4.45. The van der Waals surface area contributed by atoms with Gasteiger partial charge >= 0.3 is 0 Å². The summed E-state index contributed by atoms with van der Waals surface area (Å²) in [6.45, 7) is 6.98. The molecule has 0 spiro atoms. The first-order valence-corrected chi connectivity index (χ1v) is 10.7. The Morgan fingerprint density at radius 3 is 2.31 bits per heavy atom. The van der Waals surface area contributed by atoms with E-state index in [9.17, 15) is 14.7 Å². The number of methoxy groups -OCH3 is 2. The predicted molar refractivity (Wildman–Crippen MR) is 117 cm³/mol. The summed E-state index contributed by atoms with van der Waals surface area (Å²) >= 11 is 0. The van der Waals surface area contributed by atoms with E-state index in [0.717, 1.165) is 13.1 Å². The Hall–Kier alpha value is -3.39. The Kier molecular flexibility index (Phi) is 7.48. The zero-order valence-electron chi connectivity index (χ0n) is 18.9. The SMILES string of the molecule is CC[NH+](CC)CCN1C(=O)C(=O)/C(=C(/[O-])c2ccncc2)C1c1ccc(OC)c(OC)c1. The number of likely N-dealkylation sites (tertiary alicyclic amines) is 1. The van der Waals surface area contributed by atoms with Gasteiger partial charge in [0.05, 0.1) is 46.4 Å². The van der Waals surface area contributed by atoms with Gasteiger partial charge in [0.25, 0.3) is 5.91 Å². The first kappa shape index (κ1) is 23.3. The van der Waals surface area contributed by atoms with E-state index >= 15 is 0 Å². The standard InChI is InChI=1S/C24H29N3O5/c1-5-26(6-2)13-14-27-21(17-7-8-18(31-3)19(15-17)32-4)20(23(29)24(27)30)22(28)16-9-11-25-12-10-16/h7-12,15,21,28H,5-6,13-14H2,1-4H3/b22-20+. The Morgan fingerprint density at radius 2 is 1.72 bits per heavy atom. The van der Waals surface area contributed by atoms with Crippen LogP contribution < -0.4 is 19.5 Å². The number of carbonyl (C=O) groups excluding carboxylic acids is 2. The number of Topliss-reactive ketones (excluding diaryl/α,β-unsaturated/α-hetero) is 1. The van der Waals surface area contributed by atoms with Gasteiger partial charge in [-0.15, -0.1) is 0 Å². The summed E-state index contributed by atoms with van der Waals surface area (Å²) in [4.78, 5) is 32.8. The molecule has 0 bridgehead atoms. The molecule has 1 aromatic heterocycles. The van der Waals surface area contributed by atoms with E-state index in [-0.39, 0.29) is 5.57 Å². The van der Waals surface area contributed by atoms with Crippen molar-refractivity contribution in [2.45, 2.75) is 19.9 Å². The third-order valence-corrected chi connectivity index (χ3v) is 5.90. The van der Waals surface area contributed by atoms with E-state index in [1.165, 1.54) is 36.4 Å². The number of nitrogens with one attached hydrogen (secondary N) is 1. The van der Waals surface area contributed by atoms with Crippen LogP contribution in [0.25, 0.3) is 5.76 Å². The molecule has 1 atom stereocenters. The van der Waals surface area contributed by atoms with E-state index in [1.54, 1.807) is 30.3 Å². The lowest BCUT2D eigenvalue weighted by Gasteiger charge is -2.29. The van der Waals surface area contributed by atoms with Gasteiger partial charge in [-0.05, 0) is 49.2 Å². The highest BCUT2D eigenvalue weighted by Gasteiger charge is 2.44. The van der Waals surface area contributed by atoms with Crippen molar-refractivity contribution in [3.63, 3.8) is 0 Å². The molecule has 0 aliphatic carbocycles. The van der Waals surface area contributed by atoms with Crippen LogP contribution in [0.1, 0.15) is 31.0 Å². The number of rotatable bonds is 9. The molecular weight excluding hydrogens is 410 g/mol. The second kappa shape index (κ2) is 10.3. The summed E-state index contributed by atoms with van der Waals surface area (Å²) in [6.07, 6.45) is 2.98. The number of quaternary nitrogens is 1. The fourth-order valence-corrected chi connectivity index (χ4v) is 4.01. The van der Waals surface area contributed by atoms with Crippen LogP contribution in [0.15, 0.2) is 48.3 Å². The van der Waals surface area contributed by atoms with Crippen LogP contribution in [0.2, 0.25) is 0 Å². The minimum Gasteiger partial charge on any atom is -0.872 e. The molecule has 1 amide bonds. The molecule has 1 fully saturated rings. The van der Waals surface area contributed by atoms with Gasteiger partial charge in [0.15, 0.2) is 11.5 Å². The monoisotopic (exact) mass is 439 g/mol. The lowest BCUT2D eigenvalue weighted by molar-refractivity contribution is -0.895. The molecule has 1 aliphatic rings. The van der Waals surface area contributed by atoms with Gasteiger partial charge in [0.2, 0.25) is 5.78 Å². The van der Waals surface area contributed by atoms with Crippen LogP contribution in [-0.4, -0.2) is 62.0 Å². The molecule has 1 N–H and O–H groups in total. The number of carbonyl (C=O) groups is 2. The van der Waals surface area contributed by atoms with E-state index in [2.05, 4.69) is 18.8 Å². The molecule has 1 saturated heterocycles. The lowest BCUT2D eigenvalue weighted by Crippen LogP contribution is -3.12. The van der Waals surface area contributed by atoms with Crippen molar-refractivity contribution in [3.8, 4) is 11.5 Å². The first-order valence-electron chi connectivity index (χ1n) is 10.7. The Bertz CT molecular complexity index is 1000. The van der Waals surface area contributed by atoms with Gasteiger partial charge in [-0.2, -0.15) is 0 Å². The maximum absolute atomic E-state index is 13.3. The van der Waals surface area contributed by atoms with Gasteiger partial charge in [0, 0.05) is 18.0 Å². The summed E-state index contributed by atoms with van der Waals surface area (Å²) in [5.41, 5.74) is 0.884. The summed E-state index contributed by atoms with van der Waals surface area (Å²) in [7, 11) is 3.05. The van der Waals surface area contributed by atoms with Crippen molar-refractivity contribution in [1.29, 1.82) is 0 Å². The van der Waals surface area contributed by atoms with E-state index in [1.807, 2.05) is 0 Å². The smallest absolute Gasteiger partial charge is 0.295 e. The lowest BCUT2D eigenvalue weighted by atomic mass is 9.95. The van der Waals surface area contributed by atoms with Crippen LogP contribution in [0.3, 0.4) is 0 Å². The number of nitrogens with zero attached hydrogens (tertiary/aromatic N) is 2. The number of benzene rings is 1. The van der Waals surface area contributed by atoms with Crippen molar-refractivity contribution in [2.24, 2.45) is 0 Å². The van der Waals surface area contributed by atoms with Crippen LogP contribution in [0.4, 0.5) is 0 Å². The van der Waals surface area contributed by atoms with E-state index < -0.39 is 23.5 Å². The molecule has 1 aliphatic heterocycles. The topological polar surface area (TPSA) is 96.2 Å². The van der Waals surface area contributed by atoms with E-state index in [4.69, 9.17) is 9.47 Å². The van der Waals surface area contributed by atoms with Crippen molar-refractivity contribution in [2.75, 3.05) is 40.4 Å². The minimum absolute atomic E-state index is 0.0528. The van der Waals surface area contributed by atoms with Gasteiger partial charge in [-0.25, -0.2) is 0 Å². The quantitative estimate of drug-likeness (QED) is 0.342. The van der Waals surface area contributed by atoms with Crippen molar-refractivity contribution >= 4 is 17.4 Å². The average molecular weight is 440 g/mol. The minimum atomic E-state index is -0.801. The fourth-order valence-electron chi connectivity index (χ4n) is 4.01. The molecule has 1 aromatic carbocycles. The molecule has 2 heterocycles. The zero-order chi connectivity index (χ0) is 23.3. The maximum Gasteiger partial charge on any atom is 0.295 e. The molecule has 8 nitrogen and oxygen atoms in total. The molecule has 0 saturated carbocycles. The predicted octanol–water partition coefficient (Wildman–Crippen LogP) is 0.248. The Balaban J connectivity index is 2.13. The molecule has 3 rings (SSSR count). The number of aromatic nitrogens is 1. The zero-order valence-corrected chi connectivity index (χ0v) is 18.9. The largest absolute Gasteiger partial charge is 0.872 e. The highest BCUT2D eigenvalue weighted by Crippen LogP contribution is 2.41. The van der Waals surface area contributed by atoms with Gasteiger partial charge in [-0.3, -0.25) is 14.6 Å². The number of pyridine rings is 1. The van der Waals surface area contributed by atoms with Gasteiger partial charge in [0.1, 0.15) is 0 Å². The average Bonchev–Trinajstić information content (AvgIpc) is 3.09. The van der Waals surface area contributed by atoms with Gasteiger partial charge < -0.3 is 24.4 Å². The molecule has 8 heteroatoms. The van der Waals surface area contributed by atoms with Crippen molar-refractivity contribution < 1.29 is 29.1 Å². The Morgan fingerprint density at radius 1 is 1.06 bits per heavy atom. The molecule has 0 radical (unpaired) electrons. The number of hydrogen-bond donors (Lipinski definition) is 1. The van der Waals surface area contributed by atoms with Gasteiger partial charge in [-0.1, -0.05) is 11.8 Å². The molecule has 32 heavy (non-hydrogen) atoms. The second-order valence-electron chi connectivity index (χ2n) is 7.53. The maximum atomic E-state index is 13.3. The van der Waals surface area contributed by atoms with Crippen molar-refractivity contribution in [3.05, 3.63) is 59.4 Å². The molecule has 170 valence electrons. The third-order valence-electron chi connectivity index (χ3n) is 5.90. The number of ether oxygens (including phenoxy) is 2. The first-order chi connectivity index (χ1) is 15.5. The number of likely N-dealkylation sites (N-methyl/N-ethyl adjacent to an activating group) is 1. The molecule has 1 unspecified atom stereocenters. The number of amides is 1. The Labute approximate surface area is 188 Å². The number of hydrogen-bond acceptors (Lipinski definition) is 6. The second-order valence-corrected chi connectivity index (χ2v) is 7.53. The number of ketones is 1. The van der Waals surface area contributed by atoms with E-state index in [0.29, 0.717) is 35.7 Å².